The summed E-state index contributed by atoms with van der Waals surface area (Å²) in [6.07, 6.45) is 2.87. The molecule has 3 rings (SSSR count). The van der Waals surface area contributed by atoms with Crippen LogP contribution >= 0.6 is 11.6 Å². The van der Waals surface area contributed by atoms with Crippen molar-refractivity contribution in [2.75, 3.05) is 13.2 Å². The van der Waals surface area contributed by atoms with Crippen molar-refractivity contribution in [2.45, 2.75) is 33.6 Å². The van der Waals surface area contributed by atoms with E-state index >= 15 is 0 Å². The zero-order chi connectivity index (χ0) is 26.2. The van der Waals surface area contributed by atoms with Crippen molar-refractivity contribution in [2.24, 2.45) is 0 Å². The van der Waals surface area contributed by atoms with Crippen molar-refractivity contribution >= 4 is 35.6 Å². The predicted octanol–water partition coefficient (Wildman–Crippen LogP) is 5.32. The largest absolute Gasteiger partial charge is 0.463 e. The van der Waals surface area contributed by atoms with Gasteiger partial charge in [-0.05, 0) is 63.1 Å². The van der Waals surface area contributed by atoms with E-state index in [1.54, 1.807) is 76.2 Å². The van der Waals surface area contributed by atoms with Crippen LogP contribution in [0.3, 0.4) is 0 Å². The molecule has 1 aliphatic rings. The lowest BCUT2D eigenvalue weighted by Crippen LogP contribution is -2.32. The normalized spacial score (nSPS) is 14.0. The third kappa shape index (κ3) is 6.23. The van der Waals surface area contributed by atoms with Crippen LogP contribution in [0.25, 0.3) is 6.08 Å². The maximum Gasteiger partial charge on any atom is 0.336 e. The van der Waals surface area contributed by atoms with E-state index in [1.807, 2.05) is 6.07 Å². The Morgan fingerprint density at radius 2 is 1.44 bits per heavy atom. The van der Waals surface area contributed by atoms with Crippen molar-refractivity contribution in [3.63, 3.8) is 0 Å². The average molecular weight is 510 g/mol. The molecule has 0 fully saturated rings. The number of ether oxygens (including phenoxy) is 3. The van der Waals surface area contributed by atoms with E-state index in [9.17, 15) is 14.4 Å². The van der Waals surface area contributed by atoms with E-state index in [1.165, 1.54) is 6.08 Å². The van der Waals surface area contributed by atoms with Gasteiger partial charge in [-0.3, -0.25) is 0 Å². The van der Waals surface area contributed by atoms with Crippen molar-refractivity contribution in [3.8, 4) is 5.75 Å². The number of esters is 3. The van der Waals surface area contributed by atoms with E-state index < -0.39 is 23.8 Å². The van der Waals surface area contributed by atoms with Gasteiger partial charge < -0.3 is 19.5 Å². The summed E-state index contributed by atoms with van der Waals surface area (Å²) in [5.41, 5.74) is 3.15. The van der Waals surface area contributed by atoms with Gasteiger partial charge in [0.15, 0.2) is 0 Å². The molecule has 7 nitrogen and oxygen atoms in total. The molecule has 0 aliphatic carbocycles. The third-order valence-corrected chi connectivity index (χ3v) is 5.83. The monoisotopic (exact) mass is 509 g/mol. The summed E-state index contributed by atoms with van der Waals surface area (Å²) in [5.74, 6) is -2.04. The Morgan fingerprint density at radius 1 is 0.889 bits per heavy atom. The molecule has 0 saturated carbocycles. The van der Waals surface area contributed by atoms with Gasteiger partial charge in [0, 0.05) is 22.5 Å². The third-order valence-electron chi connectivity index (χ3n) is 5.49. The number of dihydropyridines is 1. The first-order valence-electron chi connectivity index (χ1n) is 11.5. The molecule has 0 amide bonds. The Balaban J connectivity index is 1.89. The summed E-state index contributed by atoms with van der Waals surface area (Å²) in [7, 11) is 0. The molecule has 0 spiro atoms. The van der Waals surface area contributed by atoms with Crippen molar-refractivity contribution in [3.05, 3.63) is 93.3 Å². The summed E-state index contributed by atoms with van der Waals surface area (Å²) >= 11 is 6.11. The molecule has 1 N–H and O–H groups in total. The van der Waals surface area contributed by atoms with Crippen LogP contribution in [-0.2, 0) is 23.9 Å². The Labute approximate surface area is 215 Å². The van der Waals surface area contributed by atoms with Gasteiger partial charge in [0.1, 0.15) is 5.75 Å². The predicted molar refractivity (Wildman–Crippen MR) is 137 cm³/mol. The smallest absolute Gasteiger partial charge is 0.336 e. The highest BCUT2D eigenvalue weighted by Crippen LogP contribution is 2.39. The van der Waals surface area contributed by atoms with Gasteiger partial charge in [0.25, 0.3) is 0 Å². The van der Waals surface area contributed by atoms with Crippen LogP contribution in [0.15, 0.2) is 77.1 Å². The van der Waals surface area contributed by atoms with Crippen molar-refractivity contribution < 1.29 is 28.6 Å². The molecule has 2 aromatic rings. The minimum absolute atomic E-state index is 0.191. The fourth-order valence-electron chi connectivity index (χ4n) is 3.93. The minimum Gasteiger partial charge on any atom is -0.463 e. The second-order valence-corrected chi connectivity index (χ2v) is 8.33. The molecular weight excluding hydrogens is 482 g/mol. The first-order valence-corrected chi connectivity index (χ1v) is 11.9. The Hall–Kier alpha value is -3.84. The summed E-state index contributed by atoms with van der Waals surface area (Å²) < 4.78 is 16.0. The first-order chi connectivity index (χ1) is 17.3. The number of carbonyl (C=O) groups is 3. The number of allylic oxidation sites excluding steroid dienone is 2. The summed E-state index contributed by atoms with van der Waals surface area (Å²) in [6.45, 7) is 7.33. The maximum atomic E-state index is 12.9. The fraction of sp³-hybridized carbons (Fsp3) is 0.250. The van der Waals surface area contributed by atoms with Gasteiger partial charge in [0.05, 0.1) is 30.3 Å². The maximum absolute atomic E-state index is 12.9. The Kier molecular flexibility index (Phi) is 9.08. The zero-order valence-electron chi connectivity index (χ0n) is 20.6. The van der Waals surface area contributed by atoms with Crippen LogP contribution < -0.4 is 10.1 Å². The summed E-state index contributed by atoms with van der Waals surface area (Å²) in [5, 5.41) is 3.62. The SMILES string of the molecule is CCOC(=O)C1=C(C)NC(C)=C(C(=O)OCC)C1c1ccc(OC(=O)C=Cc2ccccc2Cl)cc1. The molecule has 2 aromatic carbocycles. The molecule has 1 aliphatic heterocycles. The number of halogens is 1. The van der Waals surface area contributed by atoms with Gasteiger partial charge in [0.2, 0.25) is 0 Å². The second-order valence-electron chi connectivity index (χ2n) is 7.92. The summed E-state index contributed by atoms with van der Waals surface area (Å²) in [6, 6.07) is 13.8. The van der Waals surface area contributed by atoms with Crippen LogP contribution in [0.4, 0.5) is 0 Å². The van der Waals surface area contributed by atoms with E-state index in [-0.39, 0.29) is 13.2 Å². The lowest BCUT2D eigenvalue weighted by Gasteiger charge is -2.30. The molecule has 8 heteroatoms. The highest BCUT2D eigenvalue weighted by molar-refractivity contribution is 6.32. The van der Waals surface area contributed by atoms with Gasteiger partial charge in [-0.25, -0.2) is 14.4 Å². The van der Waals surface area contributed by atoms with Crippen LogP contribution in [0.2, 0.25) is 5.02 Å². The molecule has 1 heterocycles. The summed E-state index contributed by atoms with van der Waals surface area (Å²) in [4.78, 5) is 38.0. The molecule has 0 saturated heterocycles. The van der Waals surface area contributed by atoms with E-state index in [0.717, 1.165) is 0 Å². The van der Waals surface area contributed by atoms with Gasteiger partial charge >= 0.3 is 17.9 Å². The molecule has 188 valence electrons. The quantitative estimate of drug-likeness (QED) is 0.292. The van der Waals surface area contributed by atoms with E-state index in [4.69, 9.17) is 25.8 Å². The number of hydrogen-bond donors (Lipinski definition) is 1. The molecule has 0 radical (unpaired) electrons. The van der Waals surface area contributed by atoms with Crippen LogP contribution in [-0.4, -0.2) is 31.1 Å². The number of benzene rings is 2. The molecule has 36 heavy (non-hydrogen) atoms. The van der Waals surface area contributed by atoms with Gasteiger partial charge in [-0.15, -0.1) is 0 Å². The first kappa shape index (κ1) is 26.8. The second kappa shape index (κ2) is 12.2. The standard InChI is InChI=1S/C28H28ClNO6/c1-5-34-27(32)24-17(3)30-18(4)25(28(33)35-6-2)26(24)20-11-14-21(15-12-20)36-23(31)16-13-19-9-7-8-10-22(19)29/h7-16,26,30H,5-6H2,1-4H3. The van der Waals surface area contributed by atoms with Crippen molar-refractivity contribution in [1.29, 1.82) is 0 Å². The highest BCUT2D eigenvalue weighted by Gasteiger charge is 2.37. The molecule has 0 atom stereocenters. The Bertz CT molecular complexity index is 1200. The molecule has 0 bridgehead atoms. The van der Waals surface area contributed by atoms with E-state index in [0.29, 0.717) is 44.4 Å². The van der Waals surface area contributed by atoms with Crippen LogP contribution in [0, 0.1) is 0 Å². The van der Waals surface area contributed by atoms with Gasteiger partial charge in [-0.2, -0.15) is 0 Å². The lowest BCUT2D eigenvalue weighted by atomic mass is 9.80. The number of rotatable bonds is 8. The zero-order valence-corrected chi connectivity index (χ0v) is 21.3. The van der Waals surface area contributed by atoms with Crippen LogP contribution in [0.1, 0.15) is 44.7 Å². The average Bonchev–Trinajstić information content (AvgIpc) is 2.83. The van der Waals surface area contributed by atoms with Crippen LogP contribution in [0.5, 0.6) is 5.75 Å². The van der Waals surface area contributed by atoms with E-state index in [2.05, 4.69) is 5.32 Å². The minimum atomic E-state index is -0.714. The number of hydrogen-bond acceptors (Lipinski definition) is 7. The topological polar surface area (TPSA) is 90.9 Å². The van der Waals surface area contributed by atoms with Gasteiger partial charge in [-0.1, -0.05) is 41.9 Å². The Morgan fingerprint density at radius 3 is 1.97 bits per heavy atom. The molecular formula is C28H28ClNO6. The number of nitrogens with one attached hydrogen (secondary N) is 1. The highest BCUT2D eigenvalue weighted by atomic mass is 35.5. The molecule has 0 unspecified atom stereocenters. The fourth-order valence-corrected chi connectivity index (χ4v) is 4.13. The van der Waals surface area contributed by atoms with Crippen molar-refractivity contribution in [1.82, 2.24) is 5.32 Å². The number of carbonyl (C=O) groups excluding carboxylic acids is 3. The molecule has 0 aromatic heterocycles. The lowest BCUT2D eigenvalue weighted by molar-refractivity contribution is -0.139.